The third-order valence-electron chi connectivity index (χ3n) is 4.28. The quantitative estimate of drug-likeness (QED) is 0.862. The van der Waals surface area contributed by atoms with Gasteiger partial charge in [-0.3, -0.25) is 9.59 Å². The number of carbonyl (C=O) groups is 1. The minimum Gasteiger partial charge on any atom is -0.378 e. The summed E-state index contributed by atoms with van der Waals surface area (Å²) in [4.78, 5) is 29.4. The summed E-state index contributed by atoms with van der Waals surface area (Å²) in [5, 5.41) is 0.732. The molecule has 1 heterocycles. The van der Waals surface area contributed by atoms with Gasteiger partial charge in [-0.1, -0.05) is 23.7 Å². The Kier molecular flexibility index (Phi) is 4.33. The van der Waals surface area contributed by atoms with Gasteiger partial charge in [0.15, 0.2) is 5.78 Å². The number of anilines is 1. The fraction of sp³-hybridized carbons (Fsp3) is 0.263. The van der Waals surface area contributed by atoms with Gasteiger partial charge in [0.25, 0.3) is 5.56 Å². The Hall–Kier alpha value is -2.33. The first-order valence-corrected chi connectivity index (χ1v) is 8.20. The van der Waals surface area contributed by atoms with E-state index in [0.717, 1.165) is 27.5 Å². The van der Waals surface area contributed by atoms with Gasteiger partial charge in [0.2, 0.25) is 0 Å². The molecule has 0 spiro atoms. The predicted octanol–water partition coefficient (Wildman–Crippen LogP) is 3.84. The number of allylic oxidation sites excluding steroid dienone is 1. The first-order chi connectivity index (χ1) is 11.4. The molecular weight excluding hydrogens is 324 g/mol. The smallest absolute Gasteiger partial charge is 0.259 e. The Bertz CT molecular complexity index is 893. The number of ketones is 1. The van der Waals surface area contributed by atoms with Crippen molar-refractivity contribution in [2.45, 2.75) is 19.8 Å². The van der Waals surface area contributed by atoms with E-state index in [4.69, 9.17) is 11.6 Å². The number of halogens is 1. The Morgan fingerprint density at radius 1 is 1.17 bits per heavy atom. The molecule has 0 radical (unpaired) electrons. The van der Waals surface area contributed by atoms with Gasteiger partial charge in [0, 0.05) is 41.6 Å². The maximum Gasteiger partial charge on any atom is 0.259 e. The molecule has 0 saturated carbocycles. The molecule has 24 heavy (non-hydrogen) atoms. The first kappa shape index (κ1) is 16.5. The number of fused-ring (bicyclic) bond motifs is 1. The highest BCUT2D eigenvalue weighted by Crippen LogP contribution is 2.35. The first-order valence-electron chi connectivity index (χ1n) is 7.82. The van der Waals surface area contributed by atoms with Crippen LogP contribution in [0.2, 0.25) is 0 Å². The highest BCUT2D eigenvalue weighted by Gasteiger charge is 2.23. The predicted molar refractivity (Wildman–Crippen MR) is 99.0 cm³/mol. The number of nitrogens with one attached hydrogen (secondary N) is 1. The van der Waals surface area contributed by atoms with E-state index in [0.29, 0.717) is 18.4 Å². The third-order valence-corrected chi connectivity index (χ3v) is 4.57. The van der Waals surface area contributed by atoms with Gasteiger partial charge >= 0.3 is 0 Å². The lowest BCUT2D eigenvalue weighted by Gasteiger charge is -2.20. The normalized spacial score (nSPS) is 13.2. The number of pyridine rings is 1. The molecule has 1 aromatic carbocycles. The van der Waals surface area contributed by atoms with Gasteiger partial charge in [-0.25, -0.2) is 0 Å². The van der Waals surface area contributed by atoms with Gasteiger partial charge in [-0.2, -0.15) is 0 Å². The van der Waals surface area contributed by atoms with Crippen LogP contribution in [0.25, 0.3) is 17.2 Å². The largest absolute Gasteiger partial charge is 0.378 e. The Balaban J connectivity index is 2.31. The number of hydrogen-bond donors (Lipinski definition) is 1. The van der Waals surface area contributed by atoms with Crippen molar-refractivity contribution in [3.63, 3.8) is 0 Å². The summed E-state index contributed by atoms with van der Waals surface area (Å²) in [6.07, 6.45) is 3.22. The Labute approximate surface area is 145 Å². The summed E-state index contributed by atoms with van der Waals surface area (Å²) in [5.74, 6) is -0.249. The minimum absolute atomic E-state index is 0.189. The zero-order chi connectivity index (χ0) is 17.4. The van der Waals surface area contributed by atoms with E-state index in [9.17, 15) is 9.59 Å². The maximum absolute atomic E-state index is 12.4. The molecule has 1 aliphatic rings. The van der Waals surface area contributed by atoms with Crippen molar-refractivity contribution in [3.05, 3.63) is 56.5 Å². The van der Waals surface area contributed by atoms with Crippen molar-refractivity contribution < 1.29 is 4.79 Å². The molecule has 1 aromatic heterocycles. The molecule has 0 bridgehead atoms. The highest BCUT2D eigenvalue weighted by molar-refractivity contribution is 6.31. The molecule has 5 heteroatoms. The topological polar surface area (TPSA) is 53.2 Å². The van der Waals surface area contributed by atoms with E-state index >= 15 is 0 Å². The molecule has 1 N–H and O–H groups in total. The molecular formula is C19H19ClN2O2. The number of carbonyl (C=O) groups excluding carboxylic acids is 1. The molecule has 0 saturated heterocycles. The number of rotatable bonds is 3. The molecule has 0 fully saturated rings. The number of Topliss-reactive ketones (excluding diaryl/α,β-unsaturated/α-hetero) is 1. The van der Waals surface area contributed by atoms with Crippen LogP contribution < -0.4 is 10.5 Å². The summed E-state index contributed by atoms with van der Waals surface area (Å²) in [6, 6.07) is 7.82. The van der Waals surface area contributed by atoms with E-state index in [1.54, 1.807) is 0 Å². The minimum atomic E-state index is -0.334. The third kappa shape index (κ3) is 2.89. The summed E-state index contributed by atoms with van der Waals surface area (Å²) in [5.41, 5.74) is 4.10. The SMILES string of the molecule is CC(=O)c1c(-c2ccc(N(C)C)cc2)c2c([nH]c1=O)CCC(Cl)=C2. The number of aryl methyl sites for hydroxylation is 1. The molecule has 2 aromatic rings. The second kappa shape index (κ2) is 6.29. The lowest BCUT2D eigenvalue weighted by molar-refractivity contribution is 0.101. The highest BCUT2D eigenvalue weighted by atomic mass is 35.5. The van der Waals surface area contributed by atoms with Gasteiger partial charge < -0.3 is 9.88 Å². The van der Waals surface area contributed by atoms with Gasteiger partial charge in [0.1, 0.15) is 0 Å². The fourth-order valence-electron chi connectivity index (χ4n) is 3.06. The van der Waals surface area contributed by atoms with Crippen molar-refractivity contribution in [1.29, 1.82) is 0 Å². The fourth-order valence-corrected chi connectivity index (χ4v) is 3.26. The zero-order valence-electron chi connectivity index (χ0n) is 13.9. The second-order valence-electron chi connectivity index (χ2n) is 6.19. The summed E-state index contributed by atoms with van der Waals surface area (Å²) in [7, 11) is 3.93. The van der Waals surface area contributed by atoms with Gasteiger partial charge in [-0.05, 0) is 43.5 Å². The Morgan fingerprint density at radius 3 is 2.42 bits per heavy atom. The van der Waals surface area contributed by atoms with Crippen molar-refractivity contribution in [3.8, 4) is 11.1 Å². The lowest BCUT2D eigenvalue weighted by Crippen LogP contribution is -2.22. The van der Waals surface area contributed by atoms with E-state index in [-0.39, 0.29) is 16.9 Å². The zero-order valence-corrected chi connectivity index (χ0v) is 14.7. The van der Waals surface area contributed by atoms with Crippen LogP contribution in [0.1, 0.15) is 35.0 Å². The lowest BCUT2D eigenvalue weighted by atomic mass is 9.89. The number of hydrogen-bond acceptors (Lipinski definition) is 3. The number of benzene rings is 1. The van der Waals surface area contributed by atoms with Gasteiger partial charge in [0.05, 0.1) is 5.56 Å². The Morgan fingerprint density at radius 2 is 1.83 bits per heavy atom. The molecule has 1 aliphatic carbocycles. The average Bonchev–Trinajstić information content (AvgIpc) is 2.54. The van der Waals surface area contributed by atoms with E-state index < -0.39 is 0 Å². The monoisotopic (exact) mass is 342 g/mol. The number of aromatic nitrogens is 1. The molecule has 0 amide bonds. The molecule has 124 valence electrons. The number of H-pyrrole nitrogens is 1. The molecule has 0 atom stereocenters. The van der Waals surface area contributed by atoms with Crippen molar-refractivity contribution >= 4 is 29.1 Å². The maximum atomic E-state index is 12.4. The molecule has 0 unspecified atom stereocenters. The van der Waals surface area contributed by atoms with Crippen LogP contribution in [0.4, 0.5) is 5.69 Å². The van der Waals surface area contributed by atoms with E-state index in [1.165, 1.54) is 6.92 Å². The van der Waals surface area contributed by atoms with Crippen LogP contribution in [0.3, 0.4) is 0 Å². The molecule has 4 nitrogen and oxygen atoms in total. The van der Waals surface area contributed by atoms with Crippen LogP contribution in [0.5, 0.6) is 0 Å². The van der Waals surface area contributed by atoms with Crippen LogP contribution in [0.15, 0.2) is 34.1 Å². The van der Waals surface area contributed by atoms with Crippen LogP contribution >= 0.6 is 11.6 Å². The molecule has 0 aliphatic heterocycles. The number of nitrogens with zero attached hydrogens (tertiary/aromatic N) is 1. The second-order valence-corrected chi connectivity index (χ2v) is 6.67. The van der Waals surface area contributed by atoms with Crippen LogP contribution in [-0.4, -0.2) is 24.9 Å². The summed E-state index contributed by atoms with van der Waals surface area (Å²) in [6.45, 7) is 1.42. The van der Waals surface area contributed by atoms with Gasteiger partial charge in [-0.15, -0.1) is 0 Å². The number of aromatic amines is 1. The summed E-state index contributed by atoms with van der Waals surface area (Å²) < 4.78 is 0. The van der Waals surface area contributed by atoms with Crippen molar-refractivity contribution in [1.82, 2.24) is 4.98 Å². The van der Waals surface area contributed by atoms with Crippen LogP contribution in [0, 0.1) is 0 Å². The summed E-state index contributed by atoms with van der Waals surface area (Å²) >= 11 is 6.22. The average molecular weight is 343 g/mol. The van der Waals surface area contributed by atoms with Crippen molar-refractivity contribution in [2.75, 3.05) is 19.0 Å². The van der Waals surface area contributed by atoms with Crippen molar-refractivity contribution in [2.24, 2.45) is 0 Å². The standard InChI is InChI=1S/C19H19ClN2O2/c1-11(23)17-18(12-4-7-14(8-5-12)22(2)3)15-10-13(20)6-9-16(15)21-19(17)24/h4-5,7-8,10H,6,9H2,1-3H3,(H,21,24). The molecule has 3 rings (SSSR count). The van der Waals surface area contributed by atoms with E-state index in [1.807, 2.05) is 49.3 Å². The van der Waals surface area contributed by atoms with E-state index in [2.05, 4.69) is 4.98 Å². The van der Waals surface area contributed by atoms with Crippen LogP contribution in [-0.2, 0) is 6.42 Å².